The SMILES string of the molecule is C=CCn1c(SCC(=O)N[C@@H](C)c2ccccc2)nnc1-c1cc(Br)ccc1O. The summed E-state index contributed by atoms with van der Waals surface area (Å²) in [5, 5.41) is 22.2. The first-order valence-corrected chi connectivity index (χ1v) is 10.8. The Hall–Kier alpha value is -2.58. The maximum atomic E-state index is 12.4. The van der Waals surface area contributed by atoms with E-state index in [0.29, 0.717) is 23.1 Å². The van der Waals surface area contributed by atoms with Gasteiger partial charge in [-0.15, -0.1) is 16.8 Å². The Balaban J connectivity index is 1.72. The number of hydrogen-bond donors (Lipinski definition) is 2. The lowest BCUT2D eigenvalue weighted by Crippen LogP contribution is -2.28. The summed E-state index contributed by atoms with van der Waals surface area (Å²) in [4.78, 5) is 12.4. The third kappa shape index (κ3) is 5.27. The fourth-order valence-corrected chi connectivity index (χ4v) is 3.93. The predicted octanol–water partition coefficient (Wildman–Crippen LogP) is 4.57. The Morgan fingerprint density at radius 1 is 1.31 bits per heavy atom. The maximum Gasteiger partial charge on any atom is 0.230 e. The first-order valence-electron chi connectivity index (χ1n) is 8.99. The second kappa shape index (κ2) is 9.76. The molecule has 1 aromatic heterocycles. The molecular formula is C21H21BrN4O2S. The Morgan fingerprint density at radius 2 is 2.07 bits per heavy atom. The topological polar surface area (TPSA) is 80.0 Å². The van der Waals surface area contributed by atoms with E-state index in [9.17, 15) is 9.90 Å². The highest BCUT2D eigenvalue weighted by Crippen LogP contribution is 2.32. The predicted molar refractivity (Wildman–Crippen MR) is 119 cm³/mol. The molecule has 0 aliphatic heterocycles. The molecule has 150 valence electrons. The summed E-state index contributed by atoms with van der Waals surface area (Å²) in [5.41, 5.74) is 1.61. The number of rotatable bonds is 8. The first-order chi connectivity index (χ1) is 14.0. The molecule has 3 rings (SSSR count). The molecule has 0 bridgehead atoms. The van der Waals surface area contributed by atoms with Gasteiger partial charge in [-0.1, -0.05) is 64.1 Å². The van der Waals surface area contributed by atoms with Crippen molar-refractivity contribution in [3.05, 3.63) is 71.2 Å². The standard InChI is InChI=1S/C21H21BrN4O2S/c1-3-11-26-20(17-12-16(22)9-10-18(17)27)24-25-21(26)29-13-19(28)23-14(2)15-7-5-4-6-8-15/h3-10,12,14,27H,1,11,13H2,2H3,(H,23,28)/t14-/m0/s1. The lowest BCUT2D eigenvalue weighted by molar-refractivity contribution is -0.119. The smallest absolute Gasteiger partial charge is 0.230 e. The molecule has 1 amide bonds. The number of thioether (sulfide) groups is 1. The number of nitrogens with one attached hydrogen (secondary N) is 1. The van der Waals surface area contributed by atoms with E-state index in [-0.39, 0.29) is 23.5 Å². The highest BCUT2D eigenvalue weighted by molar-refractivity contribution is 9.10. The highest BCUT2D eigenvalue weighted by atomic mass is 79.9. The van der Waals surface area contributed by atoms with Gasteiger partial charge in [0.25, 0.3) is 0 Å². The van der Waals surface area contributed by atoms with Gasteiger partial charge < -0.3 is 10.4 Å². The first kappa shape index (κ1) is 21.1. The lowest BCUT2D eigenvalue weighted by Gasteiger charge is -2.14. The minimum Gasteiger partial charge on any atom is -0.507 e. The molecule has 0 aliphatic rings. The van der Waals surface area contributed by atoms with Crippen LogP contribution in [0, 0.1) is 0 Å². The van der Waals surface area contributed by atoms with Crippen molar-refractivity contribution in [3.63, 3.8) is 0 Å². The second-order valence-electron chi connectivity index (χ2n) is 6.36. The zero-order valence-corrected chi connectivity index (χ0v) is 18.3. The second-order valence-corrected chi connectivity index (χ2v) is 8.21. The van der Waals surface area contributed by atoms with Gasteiger partial charge in [0.15, 0.2) is 11.0 Å². The molecule has 0 fully saturated rings. The van der Waals surface area contributed by atoms with Crippen LogP contribution in [0.5, 0.6) is 5.75 Å². The molecule has 8 heteroatoms. The van der Waals surface area contributed by atoms with Crippen molar-refractivity contribution in [3.8, 4) is 17.1 Å². The largest absolute Gasteiger partial charge is 0.507 e. The summed E-state index contributed by atoms with van der Waals surface area (Å²) >= 11 is 4.70. The average Bonchev–Trinajstić information content (AvgIpc) is 3.11. The van der Waals surface area contributed by atoms with E-state index in [1.54, 1.807) is 24.3 Å². The van der Waals surface area contributed by atoms with Crippen LogP contribution < -0.4 is 5.32 Å². The molecule has 0 saturated heterocycles. The van der Waals surface area contributed by atoms with Gasteiger partial charge >= 0.3 is 0 Å². The summed E-state index contributed by atoms with van der Waals surface area (Å²) in [6, 6.07) is 14.9. The van der Waals surface area contributed by atoms with Crippen molar-refractivity contribution in [1.82, 2.24) is 20.1 Å². The van der Waals surface area contributed by atoms with Crippen molar-refractivity contribution < 1.29 is 9.90 Å². The van der Waals surface area contributed by atoms with Crippen LogP contribution in [0.4, 0.5) is 0 Å². The van der Waals surface area contributed by atoms with Crippen molar-refractivity contribution in [1.29, 1.82) is 0 Å². The molecule has 0 saturated carbocycles. The van der Waals surface area contributed by atoms with E-state index < -0.39 is 0 Å². The summed E-state index contributed by atoms with van der Waals surface area (Å²) in [5.74, 6) is 0.740. The number of nitrogens with zero attached hydrogens (tertiary/aromatic N) is 3. The Morgan fingerprint density at radius 3 is 2.79 bits per heavy atom. The molecular weight excluding hydrogens is 452 g/mol. The van der Waals surface area contributed by atoms with Crippen LogP contribution in [0.2, 0.25) is 0 Å². The molecule has 2 aromatic carbocycles. The molecule has 29 heavy (non-hydrogen) atoms. The zero-order valence-electron chi connectivity index (χ0n) is 15.9. The van der Waals surface area contributed by atoms with Gasteiger partial charge in [-0.2, -0.15) is 0 Å². The normalized spacial score (nSPS) is 11.8. The molecule has 0 unspecified atom stereocenters. The van der Waals surface area contributed by atoms with E-state index in [1.165, 1.54) is 11.8 Å². The molecule has 0 aliphatic carbocycles. The van der Waals surface area contributed by atoms with Crippen LogP contribution >= 0.6 is 27.7 Å². The molecule has 2 N–H and O–H groups in total. The monoisotopic (exact) mass is 472 g/mol. The zero-order chi connectivity index (χ0) is 20.8. The van der Waals surface area contributed by atoms with Gasteiger partial charge in [0.2, 0.25) is 5.91 Å². The fourth-order valence-electron chi connectivity index (χ4n) is 2.81. The number of aromatic nitrogens is 3. The molecule has 6 nitrogen and oxygen atoms in total. The fraction of sp³-hybridized carbons (Fsp3) is 0.190. The van der Waals surface area contributed by atoms with Gasteiger partial charge in [0, 0.05) is 11.0 Å². The number of halogens is 1. The Kier molecular flexibility index (Phi) is 7.11. The lowest BCUT2D eigenvalue weighted by atomic mass is 10.1. The molecule has 0 radical (unpaired) electrons. The van der Waals surface area contributed by atoms with Crippen LogP contribution in [0.15, 0.2) is 70.8 Å². The number of amides is 1. The van der Waals surface area contributed by atoms with Crippen LogP contribution in [-0.2, 0) is 11.3 Å². The van der Waals surface area contributed by atoms with Crippen molar-refractivity contribution in [2.24, 2.45) is 0 Å². The van der Waals surface area contributed by atoms with E-state index in [0.717, 1.165) is 10.0 Å². The minimum absolute atomic E-state index is 0.0791. The third-order valence-corrected chi connectivity index (χ3v) is 5.70. The maximum absolute atomic E-state index is 12.4. The van der Waals surface area contributed by atoms with Gasteiger partial charge in [-0.25, -0.2) is 0 Å². The van der Waals surface area contributed by atoms with Gasteiger partial charge in [0.05, 0.1) is 17.4 Å². The van der Waals surface area contributed by atoms with E-state index in [4.69, 9.17) is 0 Å². The Bertz CT molecular complexity index is 1010. The number of phenolic OH excluding ortho intramolecular Hbond substituents is 1. The molecule has 1 heterocycles. The summed E-state index contributed by atoms with van der Waals surface area (Å²) in [6.45, 7) is 6.19. The number of hydrogen-bond acceptors (Lipinski definition) is 5. The van der Waals surface area contributed by atoms with E-state index in [2.05, 4.69) is 38.0 Å². The minimum atomic E-state index is -0.0913. The number of aromatic hydroxyl groups is 1. The van der Waals surface area contributed by atoms with Gasteiger partial charge in [-0.05, 0) is 30.7 Å². The molecule has 3 aromatic rings. The molecule has 1 atom stereocenters. The number of benzene rings is 2. The van der Waals surface area contributed by atoms with Crippen LogP contribution in [0.25, 0.3) is 11.4 Å². The van der Waals surface area contributed by atoms with E-state index >= 15 is 0 Å². The van der Waals surface area contributed by atoms with Crippen LogP contribution in [-0.4, -0.2) is 31.5 Å². The van der Waals surface area contributed by atoms with Crippen molar-refractivity contribution in [2.75, 3.05) is 5.75 Å². The number of phenols is 1. The Labute approximate surface area is 182 Å². The number of carbonyl (C=O) groups is 1. The highest BCUT2D eigenvalue weighted by Gasteiger charge is 2.18. The van der Waals surface area contributed by atoms with Gasteiger partial charge in [-0.3, -0.25) is 9.36 Å². The van der Waals surface area contributed by atoms with Crippen LogP contribution in [0.1, 0.15) is 18.5 Å². The summed E-state index contributed by atoms with van der Waals surface area (Å²) in [7, 11) is 0. The van der Waals surface area contributed by atoms with Gasteiger partial charge in [0.1, 0.15) is 5.75 Å². The summed E-state index contributed by atoms with van der Waals surface area (Å²) < 4.78 is 2.65. The average molecular weight is 473 g/mol. The summed E-state index contributed by atoms with van der Waals surface area (Å²) in [6.07, 6.45) is 1.73. The number of allylic oxidation sites excluding steroid dienone is 1. The van der Waals surface area contributed by atoms with Crippen molar-refractivity contribution >= 4 is 33.6 Å². The molecule has 0 spiro atoms. The van der Waals surface area contributed by atoms with Crippen molar-refractivity contribution in [2.45, 2.75) is 24.7 Å². The quantitative estimate of drug-likeness (QED) is 0.370. The number of carbonyl (C=O) groups excluding carboxylic acids is 1. The van der Waals surface area contributed by atoms with Crippen LogP contribution in [0.3, 0.4) is 0 Å². The third-order valence-electron chi connectivity index (χ3n) is 4.24. The van der Waals surface area contributed by atoms with E-state index in [1.807, 2.05) is 41.8 Å².